The molecule has 2 aromatic rings. The summed E-state index contributed by atoms with van der Waals surface area (Å²) in [5.74, 6) is -3.93. The molecule has 0 unspecified atom stereocenters. The molecular weight excluding hydrogens is 292 g/mol. The first kappa shape index (κ1) is 13.7. The summed E-state index contributed by atoms with van der Waals surface area (Å²) in [6.45, 7) is 0. The van der Waals surface area contributed by atoms with E-state index in [1.807, 2.05) is 0 Å². The first-order valence-electron chi connectivity index (χ1n) is 6.15. The van der Waals surface area contributed by atoms with Crippen LogP contribution in [0.2, 0.25) is 0 Å². The van der Waals surface area contributed by atoms with E-state index in [1.165, 1.54) is 7.11 Å². The molecule has 0 fully saturated rings. The Balaban J connectivity index is 2.44. The van der Waals surface area contributed by atoms with Gasteiger partial charge in [0, 0.05) is 17.7 Å². The van der Waals surface area contributed by atoms with Gasteiger partial charge in [-0.1, -0.05) is 0 Å². The number of phenols is 4. The molecule has 2 aromatic carbocycles. The number of phenolic OH excluding ortho intramolecular Hbond substituents is 4. The third kappa shape index (κ3) is 1.62. The third-order valence-electron chi connectivity index (χ3n) is 3.47. The summed E-state index contributed by atoms with van der Waals surface area (Å²) < 4.78 is 4.93. The fourth-order valence-corrected chi connectivity index (χ4v) is 2.58. The van der Waals surface area contributed by atoms with Gasteiger partial charge in [0.2, 0.25) is 5.78 Å². The maximum absolute atomic E-state index is 12.6. The van der Waals surface area contributed by atoms with Crippen LogP contribution in [0.15, 0.2) is 18.2 Å². The van der Waals surface area contributed by atoms with Gasteiger partial charge >= 0.3 is 0 Å². The molecule has 0 bridgehead atoms. The molecule has 22 heavy (non-hydrogen) atoms. The molecule has 0 aromatic heterocycles. The van der Waals surface area contributed by atoms with Gasteiger partial charge < -0.3 is 25.2 Å². The Hall–Kier alpha value is -3.22. The van der Waals surface area contributed by atoms with Crippen molar-refractivity contribution in [2.24, 2.45) is 0 Å². The summed E-state index contributed by atoms with van der Waals surface area (Å²) in [7, 11) is 1.19. The number of benzene rings is 2. The van der Waals surface area contributed by atoms with Crippen LogP contribution in [0.4, 0.5) is 0 Å². The van der Waals surface area contributed by atoms with Gasteiger partial charge in [0.25, 0.3) is 0 Å². The standard InChI is InChI=1S/C15H10O7/c1-22-15-9(19)4-8(18)11-12(15)13(20)6-2-5(16)3-7(17)10(6)14(11)21/h2-4,16-19H,1H3. The molecule has 0 spiro atoms. The predicted octanol–water partition coefficient (Wildman–Crippen LogP) is 1.29. The van der Waals surface area contributed by atoms with Crippen molar-refractivity contribution >= 4 is 11.6 Å². The molecule has 7 nitrogen and oxygen atoms in total. The molecule has 0 atom stereocenters. The van der Waals surface area contributed by atoms with Crippen molar-refractivity contribution in [2.45, 2.75) is 0 Å². The van der Waals surface area contributed by atoms with E-state index in [0.717, 1.165) is 18.2 Å². The lowest BCUT2D eigenvalue weighted by atomic mass is 9.82. The minimum Gasteiger partial charge on any atom is -0.508 e. The monoisotopic (exact) mass is 302 g/mol. The number of aromatic hydroxyl groups is 4. The van der Waals surface area contributed by atoms with Crippen molar-refractivity contribution in [3.63, 3.8) is 0 Å². The van der Waals surface area contributed by atoms with E-state index in [9.17, 15) is 30.0 Å². The zero-order chi connectivity index (χ0) is 16.2. The van der Waals surface area contributed by atoms with Crippen LogP contribution in [0.1, 0.15) is 31.8 Å². The Bertz CT molecular complexity index is 852. The molecule has 112 valence electrons. The number of ketones is 2. The summed E-state index contributed by atoms with van der Waals surface area (Å²) in [6, 6.07) is 2.83. The molecular formula is C15H10O7. The smallest absolute Gasteiger partial charge is 0.202 e. The van der Waals surface area contributed by atoms with Gasteiger partial charge in [-0.25, -0.2) is 0 Å². The molecule has 0 amide bonds. The van der Waals surface area contributed by atoms with Gasteiger partial charge in [0.05, 0.1) is 23.8 Å². The summed E-state index contributed by atoms with van der Waals surface area (Å²) in [5, 5.41) is 39.0. The molecule has 3 rings (SSSR count). The van der Waals surface area contributed by atoms with Crippen LogP contribution in [-0.4, -0.2) is 39.1 Å². The summed E-state index contributed by atoms with van der Waals surface area (Å²) in [5.41, 5.74) is -1.24. The van der Waals surface area contributed by atoms with Gasteiger partial charge in [-0.15, -0.1) is 0 Å². The van der Waals surface area contributed by atoms with E-state index in [2.05, 4.69) is 0 Å². The highest BCUT2D eigenvalue weighted by Crippen LogP contribution is 2.45. The van der Waals surface area contributed by atoms with E-state index in [1.54, 1.807) is 0 Å². The number of fused-ring (bicyclic) bond motifs is 2. The minimum absolute atomic E-state index is 0.238. The van der Waals surface area contributed by atoms with Gasteiger partial charge in [0.15, 0.2) is 17.3 Å². The third-order valence-corrected chi connectivity index (χ3v) is 3.47. The van der Waals surface area contributed by atoms with E-state index < -0.39 is 34.6 Å². The van der Waals surface area contributed by atoms with Crippen LogP contribution >= 0.6 is 0 Å². The van der Waals surface area contributed by atoms with Crippen molar-refractivity contribution in [1.29, 1.82) is 0 Å². The zero-order valence-electron chi connectivity index (χ0n) is 11.2. The molecule has 0 saturated heterocycles. The fourth-order valence-electron chi connectivity index (χ4n) is 2.58. The second kappa shape index (κ2) is 4.39. The van der Waals surface area contributed by atoms with Gasteiger partial charge in [-0.3, -0.25) is 9.59 Å². The van der Waals surface area contributed by atoms with E-state index in [4.69, 9.17) is 4.74 Å². The largest absolute Gasteiger partial charge is 0.508 e. The quantitative estimate of drug-likeness (QED) is 0.534. The number of ether oxygens (including phenoxy) is 1. The van der Waals surface area contributed by atoms with Gasteiger partial charge in [-0.05, 0) is 6.07 Å². The number of methoxy groups -OCH3 is 1. The molecule has 0 heterocycles. The highest BCUT2D eigenvalue weighted by molar-refractivity contribution is 6.31. The molecule has 7 heteroatoms. The average Bonchev–Trinajstić information content (AvgIpc) is 2.43. The number of hydrogen-bond donors (Lipinski definition) is 4. The number of carbonyl (C=O) groups excluding carboxylic acids is 2. The van der Waals surface area contributed by atoms with Crippen molar-refractivity contribution in [3.05, 3.63) is 40.5 Å². The van der Waals surface area contributed by atoms with Crippen molar-refractivity contribution in [1.82, 2.24) is 0 Å². The van der Waals surface area contributed by atoms with Crippen molar-refractivity contribution in [3.8, 4) is 28.7 Å². The van der Waals surface area contributed by atoms with Gasteiger partial charge in [-0.2, -0.15) is 0 Å². The molecule has 1 aliphatic rings. The Kier molecular flexibility index (Phi) is 2.74. The number of carbonyl (C=O) groups is 2. The molecule has 0 aliphatic heterocycles. The second-order valence-electron chi connectivity index (χ2n) is 4.74. The van der Waals surface area contributed by atoms with E-state index >= 15 is 0 Å². The lowest BCUT2D eigenvalue weighted by Gasteiger charge is -2.21. The lowest BCUT2D eigenvalue weighted by molar-refractivity contribution is 0.0970. The van der Waals surface area contributed by atoms with Crippen LogP contribution in [0, 0.1) is 0 Å². The van der Waals surface area contributed by atoms with Crippen LogP contribution < -0.4 is 4.74 Å². The van der Waals surface area contributed by atoms with E-state index in [-0.39, 0.29) is 28.0 Å². The van der Waals surface area contributed by atoms with Crippen LogP contribution in [0.25, 0.3) is 0 Å². The van der Waals surface area contributed by atoms with Crippen LogP contribution in [0.5, 0.6) is 28.7 Å². The highest BCUT2D eigenvalue weighted by Gasteiger charge is 2.38. The Morgan fingerprint density at radius 3 is 2.05 bits per heavy atom. The first-order chi connectivity index (χ1) is 10.4. The maximum atomic E-state index is 12.6. The van der Waals surface area contributed by atoms with Crippen LogP contribution in [-0.2, 0) is 0 Å². The highest BCUT2D eigenvalue weighted by atomic mass is 16.5. The SMILES string of the molecule is COc1c(O)cc(O)c2c1C(=O)c1cc(O)cc(O)c1C2=O. The summed E-state index contributed by atoms with van der Waals surface area (Å²) in [4.78, 5) is 25.1. The topological polar surface area (TPSA) is 124 Å². The number of rotatable bonds is 1. The Morgan fingerprint density at radius 2 is 1.41 bits per heavy atom. The van der Waals surface area contributed by atoms with Crippen molar-refractivity contribution < 1.29 is 34.8 Å². The maximum Gasteiger partial charge on any atom is 0.202 e. The molecule has 0 saturated carbocycles. The van der Waals surface area contributed by atoms with E-state index in [0.29, 0.717) is 0 Å². The lowest BCUT2D eigenvalue weighted by Crippen LogP contribution is -2.22. The average molecular weight is 302 g/mol. The molecule has 0 radical (unpaired) electrons. The Labute approximate surface area is 123 Å². The van der Waals surface area contributed by atoms with Crippen LogP contribution in [0.3, 0.4) is 0 Å². The molecule has 1 aliphatic carbocycles. The number of hydrogen-bond acceptors (Lipinski definition) is 7. The Morgan fingerprint density at radius 1 is 0.773 bits per heavy atom. The summed E-state index contributed by atoms with van der Waals surface area (Å²) >= 11 is 0. The normalized spacial score (nSPS) is 12.8. The van der Waals surface area contributed by atoms with Crippen molar-refractivity contribution in [2.75, 3.05) is 7.11 Å². The van der Waals surface area contributed by atoms with Gasteiger partial charge in [0.1, 0.15) is 17.2 Å². The molecule has 4 N–H and O–H groups in total. The fraction of sp³-hybridized carbons (Fsp3) is 0.0667. The predicted molar refractivity (Wildman–Crippen MR) is 73.0 cm³/mol. The second-order valence-corrected chi connectivity index (χ2v) is 4.74. The first-order valence-corrected chi connectivity index (χ1v) is 6.15. The zero-order valence-corrected chi connectivity index (χ0v) is 11.2. The minimum atomic E-state index is -0.807. The summed E-state index contributed by atoms with van der Waals surface area (Å²) in [6.07, 6.45) is 0.